The molecule has 0 amide bonds. The molecule has 1 aromatic carbocycles. The Morgan fingerprint density at radius 2 is 1.80 bits per heavy atom. The van der Waals surface area contributed by atoms with Crippen molar-refractivity contribution < 1.29 is 21.6 Å². The molecular weight excluding hydrogens is 344 g/mol. The van der Waals surface area contributed by atoms with Gasteiger partial charge in [0.15, 0.2) is 0 Å². The van der Waals surface area contributed by atoms with Crippen molar-refractivity contribution in [2.75, 3.05) is 7.11 Å². The summed E-state index contributed by atoms with van der Waals surface area (Å²) in [5.41, 5.74) is 0. The molecule has 0 saturated heterocycles. The summed E-state index contributed by atoms with van der Waals surface area (Å²) in [6.45, 7) is 0. The van der Waals surface area contributed by atoms with E-state index in [1.54, 1.807) is 6.07 Å². The van der Waals surface area contributed by atoms with Gasteiger partial charge < -0.3 is 4.74 Å². The molecule has 0 aliphatic rings. The summed E-state index contributed by atoms with van der Waals surface area (Å²) in [7, 11) is -1.13. The zero-order chi connectivity index (χ0) is 15.0. The van der Waals surface area contributed by atoms with Crippen LogP contribution in [0.2, 0.25) is 0 Å². The van der Waals surface area contributed by atoms with Crippen molar-refractivity contribution in [1.29, 1.82) is 0 Å². The van der Waals surface area contributed by atoms with Crippen LogP contribution in [0.5, 0.6) is 5.75 Å². The maximum absolute atomic E-state index is 12.4. The van der Waals surface area contributed by atoms with Gasteiger partial charge in [-0.2, -0.15) is 0 Å². The average molecular weight is 353 g/mol. The van der Waals surface area contributed by atoms with Gasteiger partial charge in [-0.3, -0.25) is 0 Å². The number of sulfone groups is 1. The zero-order valence-electron chi connectivity index (χ0n) is 10.1. The Hall–Kier alpha value is -1.09. The lowest BCUT2D eigenvalue weighted by Gasteiger charge is -2.04. The van der Waals surface area contributed by atoms with Gasteiger partial charge in [-0.25, -0.2) is 16.8 Å². The lowest BCUT2D eigenvalue weighted by molar-refractivity contribution is 0.413. The van der Waals surface area contributed by atoms with Crippen LogP contribution >= 0.6 is 22.0 Å². The number of hydrogen-bond acceptors (Lipinski definition) is 6. The minimum Gasteiger partial charge on any atom is -0.497 e. The average Bonchev–Trinajstić information content (AvgIpc) is 2.89. The smallest absolute Gasteiger partial charge is 0.270 e. The van der Waals surface area contributed by atoms with Gasteiger partial charge in [0.2, 0.25) is 9.84 Å². The van der Waals surface area contributed by atoms with E-state index in [2.05, 4.69) is 0 Å². The van der Waals surface area contributed by atoms with Crippen LogP contribution in [-0.4, -0.2) is 23.9 Å². The van der Waals surface area contributed by atoms with E-state index in [4.69, 9.17) is 15.4 Å². The molecule has 0 atom stereocenters. The van der Waals surface area contributed by atoms with Crippen LogP contribution in [0.3, 0.4) is 0 Å². The SMILES string of the molecule is COc1cccc(S(=O)(=O)c2csc(S(=O)(=O)Cl)c2)c1. The lowest BCUT2D eigenvalue weighted by atomic mass is 10.3. The Balaban J connectivity index is 2.52. The van der Waals surface area contributed by atoms with E-state index >= 15 is 0 Å². The van der Waals surface area contributed by atoms with Gasteiger partial charge in [-0.1, -0.05) is 6.07 Å². The topological polar surface area (TPSA) is 77.5 Å². The van der Waals surface area contributed by atoms with Gasteiger partial charge in [0.05, 0.1) is 16.9 Å². The maximum Gasteiger partial charge on any atom is 0.270 e. The normalized spacial score (nSPS) is 12.3. The fourth-order valence-electron chi connectivity index (χ4n) is 1.47. The molecule has 1 aromatic heterocycles. The molecular formula is C11H9ClO5S3. The van der Waals surface area contributed by atoms with E-state index in [0.717, 1.165) is 17.4 Å². The summed E-state index contributed by atoms with van der Waals surface area (Å²) >= 11 is 0.758. The van der Waals surface area contributed by atoms with Crippen molar-refractivity contribution in [1.82, 2.24) is 0 Å². The van der Waals surface area contributed by atoms with Crippen LogP contribution in [0, 0.1) is 0 Å². The van der Waals surface area contributed by atoms with Crippen LogP contribution in [0.15, 0.2) is 49.7 Å². The molecule has 0 aliphatic carbocycles. The molecule has 108 valence electrons. The second-order valence-electron chi connectivity index (χ2n) is 3.72. The number of hydrogen-bond donors (Lipinski definition) is 0. The van der Waals surface area contributed by atoms with Crippen LogP contribution in [0.4, 0.5) is 0 Å². The quantitative estimate of drug-likeness (QED) is 0.790. The first-order chi connectivity index (χ1) is 9.25. The highest BCUT2D eigenvalue weighted by atomic mass is 35.7. The summed E-state index contributed by atoms with van der Waals surface area (Å²) in [6, 6.07) is 6.96. The van der Waals surface area contributed by atoms with Crippen molar-refractivity contribution in [2.24, 2.45) is 0 Å². The van der Waals surface area contributed by atoms with E-state index in [1.165, 1.54) is 30.7 Å². The van der Waals surface area contributed by atoms with E-state index < -0.39 is 18.9 Å². The van der Waals surface area contributed by atoms with E-state index in [0.29, 0.717) is 5.75 Å². The molecule has 0 radical (unpaired) electrons. The summed E-state index contributed by atoms with van der Waals surface area (Å²) in [5, 5.41) is 1.24. The molecule has 2 rings (SSSR count). The molecule has 0 unspecified atom stereocenters. The number of methoxy groups -OCH3 is 1. The molecule has 0 saturated carbocycles. The van der Waals surface area contributed by atoms with Crippen molar-refractivity contribution in [3.05, 3.63) is 35.7 Å². The molecule has 1 heterocycles. The Labute approximate surface area is 125 Å². The maximum atomic E-state index is 12.4. The third kappa shape index (κ3) is 2.98. The Kier molecular flexibility index (Phi) is 4.10. The molecule has 0 bridgehead atoms. The van der Waals surface area contributed by atoms with Gasteiger partial charge >= 0.3 is 0 Å². The molecule has 2 aromatic rings. The highest BCUT2D eigenvalue weighted by Gasteiger charge is 2.23. The van der Waals surface area contributed by atoms with Crippen molar-refractivity contribution in [2.45, 2.75) is 14.0 Å². The summed E-state index contributed by atoms with van der Waals surface area (Å²) in [4.78, 5) is -0.0943. The van der Waals surface area contributed by atoms with E-state index in [-0.39, 0.29) is 14.0 Å². The van der Waals surface area contributed by atoms with E-state index in [9.17, 15) is 16.8 Å². The summed E-state index contributed by atoms with van der Waals surface area (Å²) in [5.74, 6) is 0.395. The monoisotopic (exact) mass is 352 g/mol. The zero-order valence-corrected chi connectivity index (χ0v) is 13.3. The highest BCUT2D eigenvalue weighted by Crippen LogP contribution is 2.30. The molecule has 9 heteroatoms. The third-order valence-electron chi connectivity index (χ3n) is 2.45. The largest absolute Gasteiger partial charge is 0.497 e. The first-order valence-electron chi connectivity index (χ1n) is 5.17. The van der Waals surface area contributed by atoms with Gasteiger partial charge in [0.1, 0.15) is 9.96 Å². The second kappa shape index (κ2) is 5.36. The number of rotatable bonds is 4. The molecule has 0 N–H and O–H groups in total. The molecule has 20 heavy (non-hydrogen) atoms. The Morgan fingerprint density at radius 3 is 2.35 bits per heavy atom. The van der Waals surface area contributed by atoms with Crippen molar-refractivity contribution >= 4 is 40.9 Å². The standard InChI is InChI=1S/C11H9ClO5S3/c1-17-8-3-2-4-9(5-8)19(13,14)10-6-11(18-7-10)20(12,15)16/h2-7H,1H3. The van der Waals surface area contributed by atoms with Gasteiger partial charge in [-0.05, 0) is 24.3 Å². The van der Waals surface area contributed by atoms with Crippen molar-refractivity contribution in [3.63, 3.8) is 0 Å². The first kappa shape index (κ1) is 15.3. The fraction of sp³-hybridized carbons (Fsp3) is 0.0909. The molecule has 0 aliphatic heterocycles. The molecule has 0 spiro atoms. The van der Waals surface area contributed by atoms with Crippen LogP contribution in [0.1, 0.15) is 0 Å². The molecule has 0 fully saturated rings. The first-order valence-corrected chi connectivity index (χ1v) is 9.85. The molecule has 5 nitrogen and oxygen atoms in total. The van der Waals surface area contributed by atoms with Gasteiger partial charge in [0, 0.05) is 16.1 Å². The van der Waals surface area contributed by atoms with E-state index in [1.807, 2.05) is 0 Å². The highest BCUT2D eigenvalue weighted by molar-refractivity contribution is 8.15. The number of thiophene rings is 1. The summed E-state index contributed by atoms with van der Waals surface area (Å²) in [6.07, 6.45) is 0. The minimum atomic E-state index is -3.94. The summed E-state index contributed by atoms with van der Waals surface area (Å²) < 4.78 is 51.8. The minimum absolute atomic E-state index is 0.0215. The fourth-order valence-corrected chi connectivity index (χ4v) is 5.18. The predicted octanol–water partition coefficient (Wildman–Crippen LogP) is 2.52. The van der Waals surface area contributed by atoms with Crippen molar-refractivity contribution in [3.8, 4) is 5.75 Å². The van der Waals surface area contributed by atoms with Crippen LogP contribution < -0.4 is 4.74 Å². The van der Waals surface area contributed by atoms with Gasteiger partial charge in [0.25, 0.3) is 9.05 Å². The van der Waals surface area contributed by atoms with Gasteiger partial charge in [-0.15, -0.1) is 11.3 Å². The Bertz CT molecular complexity index is 836. The second-order valence-corrected chi connectivity index (χ2v) is 9.38. The van der Waals surface area contributed by atoms with Crippen LogP contribution in [0.25, 0.3) is 0 Å². The number of benzene rings is 1. The number of ether oxygens (including phenoxy) is 1. The Morgan fingerprint density at radius 1 is 1.10 bits per heavy atom. The predicted molar refractivity (Wildman–Crippen MR) is 75.8 cm³/mol. The lowest BCUT2D eigenvalue weighted by Crippen LogP contribution is -2.01. The third-order valence-corrected chi connectivity index (χ3v) is 7.37. The number of halogens is 1. The van der Waals surface area contributed by atoms with Crippen LogP contribution in [-0.2, 0) is 18.9 Å².